The van der Waals surface area contributed by atoms with Crippen molar-refractivity contribution in [1.29, 1.82) is 0 Å². The van der Waals surface area contributed by atoms with E-state index in [4.69, 9.17) is 4.74 Å². The van der Waals surface area contributed by atoms with E-state index in [1.165, 1.54) is 10.5 Å². The fourth-order valence-electron chi connectivity index (χ4n) is 4.34. The van der Waals surface area contributed by atoms with E-state index < -0.39 is 18.0 Å². The van der Waals surface area contributed by atoms with Gasteiger partial charge in [-0.3, -0.25) is 19.7 Å². The standard InChI is InChI=1S/C27H31N3O5/c1-4-27(2,3)20-9-6-17(7-10-20)16-35-26(34)28-14-18-5-8-19-15-30(25(33)21(19)13-18)22-11-12-23(31)29-24(22)32/h5-10,13,22H,4,11-12,14-16H2,1-3H3,(H,28,34)(H,29,31,32). The van der Waals surface area contributed by atoms with E-state index in [9.17, 15) is 19.2 Å². The first-order valence-electron chi connectivity index (χ1n) is 11.9. The summed E-state index contributed by atoms with van der Waals surface area (Å²) in [6, 6.07) is 12.8. The van der Waals surface area contributed by atoms with Gasteiger partial charge in [0.25, 0.3) is 5.91 Å². The summed E-state index contributed by atoms with van der Waals surface area (Å²) in [5, 5.41) is 5.02. The lowest BCUT2D eigenvalue weighted by Gasteiger charge is -2.29. The van der Waals surface area contributed by atoms with Crippen LogP contribution < -0.4 is 10.6 Å². The van der Waals surface area contributed by atoms with E-state index in [1.807, 2.05) is 24.3 Å². The molecule has 0 spiro atoms. The molecule has 2 aromatic rings. The minimum atomic E-state index is -0.647. The zero-order valence-electron chi connectivity index (χ0n) is 20.3. The van der Waals surface area contributed by atoms with Crippen molar-refractivity contribution in [2.45, 2.75) is 71.2 Å². The van der Waals surface area contributed by atoms with Gasteiger partial charge in [0.1, 0.15) is 12.6 Å². The molecular formula is C27H31N3O5. The smallest absolute Gasteiger partial charge is 0.407 e. The molecule has 1 fully saturated rings. The molecule has 4 amide bonds. The van der Waals surface area contributed by atoms with E-state index >= 15 is 0 Å². The second kappa shape index (κ2) is 9.90. The molecule has 8 nitrogen and oxygen atoms in total. The number of benzene rings is 2. The molecule has 184 valence electrons. The number of alkyl carbamates (subject to hydrolysis) is 1. The van der Waals surface area contributed by atoms with Gasteiger partial charge in [0, 0.05) is 25.1 Å². The average molecular weight is 478 g/mol. The third-order valence-electron chi connectivity index (χ3n) is 7.02. The number of hydrogen-bond acceptors (Lipinski definition) is 5. The molecule has 0 bridgehead atoms. The summed E-state index contributed by atoms with van der Waals surface area (Å²) in [4.78, 5) is 50.2. The number of nitrogens with zero attached hydrogens (tertiary/aromatic N) is 1. The normalized spacial score (nSPS) is 17.7. The van der Waals surface area contributed by atoms with Gasteiger partial charge in [-0.15, -0.1) is 0 Å². The highest BCUT2D eigenvalue weighted by atomic mass is 16.5. The second-order valence-electron chi connectivity index (χ2n) is 9.76. The Morgan fingerprint density at radius 3 is 2.51 bits per heavy atom. The van der Waals surface area contributed by atoms with E-state index in [0.717, 1.165) is 23.1 Å². The zero-order chi connectivity index (χ0) is 25.2. The summed E-state index contributed by atoms with van der Waals surface area (Å²) in [7, 11) is 0. The highest BCUT2D eigenvalue weighted by Gasteiger charge is 2.39. The van der Waals surface area contributed by atoms with E-state index in [-0.39, 0.29) is 36.8 Å². The van der Waals surface area contributed by atoms with Crippen LogP contribution in [0.15, 0.2) is 42.5 Å². The Bertz CT molecular complexity index is 1160. The molecule has 8 heteroatoms. The van der Waals surface area contributed by atoms with Crippen LogP contribution in [0.1, 0.15) is 72.6 Å². The zero-order valence-corrected chi connectivity index (χ0v) is 20.3. The molecule has 2 aromatic carbocycles. The van der Waals surface area contributed by atoms with Gasteiger partial charge in [-0.25, -0.2) is 4.79 Å². The summed E-state index contributed by atoms with van der Waals surface area (Å²) >= 11 is 0. The predicted molar refractivity (Wildman–Crippen MR) is 129 cm³/mol. The van der Waals surface area contributed by atoms with Gasteiger partial charge in [-0.05, 0) is 46.6 Å². The lowest BCUT2D eigenvalue weighted by Crippen LogP contribution is -2.52. The van der Waals surface area contributed by atoms with Crippen LogP contribution in [0.2, 0.25) is 0 Å². The maximum absolute atomic E-state index is 12.9. The Balaban J connectivity index is 1.29. The van der Waals surface area contributed by atoms with Crippen LogP contribution in [0.4, 0.5) is 4.79 Å². The Morgan fingerprint density at radius 2 is 1.83 bits per heavy atom. The molecule has 2 aliphatic heterocycles. The number of imide groups is 1. The quantitative estimate of drug-likeness (QED) is 0.594. The third-order valence-corrected chi connectivity index (χ3v) is 7.02. The van der Waals surface area contributed by atoms with Gasteiger partial charge in [-0.1, -0.05) is 57.2 Å². The van der Waals surface area contributed by atoms with Crippen molar-refractivity contribution >= 4 is 23.8 Å². The first-order valence-corrected chi connectivity index (χ1v) is 11.9. The largest absolute Gasteiger partial charge is 0.445 e. The van der Waals surface area contributed by atoms with E-state index in [0.29, 0.717) is 18.5 Å². The SMILES string of the molecule is CCC(C)(C)c1ccc(COC(=O)NCc2ccc3c(c2)C(=O)N(C2CCC(=O)NC2=O)C3)cc1. The van der Waals surface area contributed by atoms with Gasteiger partial charge < -0.3 is 15.0 Å². The maximum Gasteiger partial charge on any atom is 0.407 e. The Morgan fingerprint density at radius 1 is 1.11 bits per heavy atom. The number of fused-ring (bicyclic) bond motifs is 1. The molecule has 2 N–H and O–H groups in total. The lowest BCUT2D eigenvalue weighted by atomic mass is 9.82. The monoisotopic (exact) mass is 477 g/mol. The summed E-state index contributed by atoms with van der Waals surface area (Å²) in [5.74, 6) is -0.988. The van der Waals surface area contributed by atoms with Crippen molar-refractivity contribution in [2.24, 2.45) is 0 Å². The number of ether oxygens (including phenoxy) is 1. The number of carbonyl (C=O) groups excluding carboxylic acids is 4. The first kappa shape index (κ1) is 24.4. The highest BCUT2D eigenvalue weighted by molar-refractivity contribution is 6.05. The predicted octanol–water partition coefficient (Wildman–Crippen LogP) is 3.56. The van der Waals surface area contributed by atoms with Crippen LogP contribution in [-0.2, 0) is 39.4 Å². The Kier molecular flexibility index (Phi) is 6.91. The van der Waals surface area contributed by atoms with Crippen molar-refractivity contribution in [2.75, 3.05) is 0 Å². The topological polar surface area (TPSA) is 105 Å². The number of nitrogens with one attached hydrogen (secondary N) is 2. The van der Waals surface area contributed by atoms with Crippen LogP contribution in [0, 0.1) is 0 Å². The number of amides is 4. The first-order chi connectivity index (χ1) is 16.7. The lowest BCUT2D eigenvalue weighted by molar-refractivity contribution is -0.136. The van der Waals surface area contributed by atoms with Gasteiger partial charge >= 0.3 is 6.09 Å². The molecule has 1 saturated heterocycles. The number of piperidine rings is 1. The van der Waals surface area contributed by atoms with Gasteiger partial charge in [-0.2, -0.15) is 0 Å². The molecular weight excluding hydrogens is 446 g/mol. The van der Waals surface area contributed by atoms with Crippen LogP contribution >= 0.6 is 0 Å². The van der Waals surface area contributed by atoms with Crippen molar-refractivity contribution < 1.29 is 23.9 Å². The molecule has 35 heavy (non-hydrogen) atoms. The second-order valence-corrected chi connectivity index (χ2v) is 9.76. The van der Waals surface area contributed by atoms with E-state index in [1.54, 1.807) is 6.07 Å². The van der Waals surface area contributed by atoms with Crippen molar-refractivity contribution in [3.63, 3.8) is 0 Å². The molecule has 0 aromatic heterocycles. The van der Waals surface area contributed by atoms with Crippen LogP contribution in [-0.4, -0.2) is 34.8 Å². The fourth-order valence-corrected chi connectivity index (χ4v) is 4.34. The van der Waals surface area contributed by atoms with Gasteiger partial charge in [0.2, 0.25) is 11.8 Å². The maximum atomic E-state index is 12.9. The molecule has 1 atom stereocenters. The van der Waals surface area contributed by atoms with Gasteiger partial charge in [0.15, 0.2) is 0 Å². The molecule has 4 rings (SSSR count). The third kappa shape index (κ3) is 5.37. The molecule has 0 radical (unpaired) electrons. The number of carbonyl (C=O) groups is 4. The molecule has 0 aliphatic carbocycles. The highest BCUT2D eigenvalue weighted by Crippen LogP contribution is 2.28. The van der Waals surface area contributed by atoms with Crippen LogP contribution in [0.3, 0.4) is 0 Å². The minimum Gasteiger partial charge on any atom is -0.445 e. The Labute approximate surface area is 205 Å². The summed E-state index contributed by atoms with van der Waals surface area (Å²) < 4.78 is 5.34. The van der Waals surface area contributed by atoms with Gasteiger partial charge in [0.05, 0.1) is 0 Å². The Hall–Kier alpha value is -3.68. The minimum absolute atomic E-state index is 0.104. The molecule has 2 aliphatic rings. The molecule has 1 unspecified atom stereocenters. The molecule has 0 saturated carbocycles. The molecule has 2 heterocycles. The number of hydrogen-bond donors (Lipinski definition) is 2. The average Bonchev–Trinajstić information content (AvgIpc) is 3.17. The van der Waals surface area contributed by atoms with Crippen LogP contribution in [0.5, 0.6) is 0 Å². The number of rotatable bonds is 7. The van der Waals surface area contributed by atoms with Crippen LogP contribution in [0.25, 0.3) is 0 Å². The summed E-state index contributed by atoms with van der Waals surface area (Å²) in [6.45, 7) is 7.26. The summed E-state index contributed by atoms with van der Waals surface area (Å²) in [6.07, 6.45) is 1.03. The summed E-state index contributed by atoms with van der Waals surface area (Å²) in [5.41, 5.74) is 4.35. The van der Waals surface area contributed by atoms with Crippen molar-refractivity contribution in [1.82, 2.24) is 15.5 Å². The van der Waals surface area contributed by atoms with Crippen molar-refractivity contribution in [3.8, 4) is 0 Å². The van der Waals surface area contributed by atoms with E-state index in [2.05, 4.69) is 43.5 Å². The fraction of sp³-hybridized carbons (Fsp3) is 0.407. The van der Waals surface area contributed by atoms with Crippen molar-refractivity contribution in [3.05, 3.63) is 70.3 Å².